The van der Waals surface area contributed by atoms with Crippen LogP contribution in [0.4, 0.5) is 0 Å². The van der Waals surface area contributed by atoms with Crippen molar-refractivity contribution >= 4 is 22.7 Å². The molecule has 8 nitrogen and oxygen atoms in total. The second-order valence-electron chi connectivity index (χ2n) is 9.83. The number of amides is 2. The number of hydrogen-bond acceptors (Lipinski definition) is 5. The summed E-state index contributed by atoms with van der Waals surface area (Å²) in [6.45, 7) is 5.00. The highest BCUT2D eigenvalue weighted by Crippen LogP contribution is 2.43. The van der Waals surface area contributed by atoms with Gasteiger partial charge in [-0.15, -0.1) is 0 Å². The van der Waals surface area contributed by atoms with E-state index in [0.29, 0.717) is 13.0 Å². The number of aromatic amines is 1. The van der Waals surface area contributed by atoms with Crippen molar-refractivity contribution in [2.24, 2.45) is 0 Å². The molecule has 1 aromatic heterocycles. The molecule has 1 unspecified atom stereocenters. The first-order chi connectivity index (χ1) is 17.6. The maximum Gasteiger partial charge on any atom is 0.246 e. The lowest BCUT2D eigenvalue weighted by molar-refractivity contribution is -0.158. The fourth-order valence-electron chi connectivity index (χ4n) is 5.98. The van der Waals surface area contributed by atoms with Gasteiger partial charge in [0.25, 0.3) is 0 Å². The summed E-state index contributed by atoms with van der Waals surface area (Å²) in [5.74, 6) is 0.760. The third-order valence-corrected chi connectivity index (χ3v) is 7.76. The van der Waals surface area contributed by atoms with Crippen molar-refractivity contribution in [3.05, 3.63) is 65.4 Å². The van der Waals surface area contributed by atoms with E-state index in [9.17, 15) is 9.59 Å². The number of hydrogen-bond donors (Lipinski definition) is 1. The van der Waals surface area contributed by atoms with Crippen LogP contribution in [0.1, 0.15) is 29.3 Å². The molecule has 8 heteroatoms. The number of nitrogens with one attached hydrogen (secondary N) is 1. The highest BCUT2D eigenvalue weighted by atomic mass is 16.5. The van der Waals surface area contributed by atoms with Crippen LogP contribution in [0.15, 0.2) is 48.5 Å². The molecule has 1 N–H and O–H groups in total. The molecule has 6 rings (SSSR count). The van der Waals surface area contributed by atoms with Gasteiger partial charge < -0.3 is 24.3 Å². The number of rotatable bonds is 6. The maximum atomic E-state index is 13.8. The minimum absolute atomic E-state index is 0.0110. The Morgan fingerprint density at radius 3 is 2.72 bits per heavy atom. The van der Waals surface area contributed by atoms with Crippen LogP contribution in [0.25, 0.3) is 10.9 Å². The minimum atomic E-state index is -0.516. The van der Waals surface area contributed by atoms with Gasteiger partial charge in [0, 0.05) is 49.2 Å². The van der Waals surface area contributed by atoms with Crippen molar-refractivity contribution in [3.8, 4) is 5.75 Å². The van der Waals surface area contributed by atoms with Crippen LogP contribution in [0.2, 0.25) is 0 Å². The lowest BCUT2D eigenvalue weighted by Gasteiger charge is -2.47. The molecule has 3 aliphatic rings. The molecule has 0 saturated carbocycles. The van der Waals surface area contributed by atoms with E-state index in [4.69, 9.17) is 9.47 Å². The molecule has 0 aliphatic carbocycles. The second kappa shape index (κ2) is 9.59. The van der Waals surface area contributed by atoms with Crippen molar-refractivity contribution in [2.45, 2.75) is 24.9 Å². The summed E-state index contributed by atoms with van der Waals surface area (Å²) in [5.41, 5.74) is 4.07. The molecular formula is C28H32N4O4. The Hall–Kier alpha value is -3.36. The van der Waals surface area contributed by atoms with Crippen molar-refractivity contribution in [1.29, 1.82) is 0 Å². The third kappa shape index (κ3) is 4.04. The molecule has 3 aromatic rings. The number of morpholine rings is 1. The topological polar surface area (TPSA) is 78.1 Å². The summed E-state index contributed by atoms with van der Waals surface area (Å²) in [6.07, 6.45) is 1.37. The van der Waals surface area contributed by atoms with Gasteiger partial charge in [-0.1, -0.05) is 30.3 Å². The summed E-state index contributed by atoms with van der Waals surface area (Å²) in [7, 11) is 1.64. The average molecular weight is 489 g/mol. The third-order valence-electron chi connectivity index (χ3n) is 7.76. The number of carbonyl (C=O) groups excluding carboxylic acids is 2. The number of aromatic nitrogens is 1. The van der Waals surface area contributed by atoms with Gasteiger partial charge in [-0.25, -0.2) is 0 Å². The highest BCUT2D eigenvalue weighted by Gasteiger charge is 2.48. The number of piperazine rings is 1. The zero-order valence-electron chi connectivity index (χ0n) is 20.6. The van der Waals surface area contributed by atoms with Crippen molar-refractivity contribution in [3.63, 3.8) is 0 Å². The first-order valence-electron chi connectivity index (χ1n) is 12.8. The molecule has 36 heavy (non-hydrogen) atoms. The average Bonchev–Trinajstić information content (AvgIpc) is 3.29. The number of methoxy groups -OCH3 is 1. The number of carbonyl (C=O) groups is 2. The smallest absolute Gasteiger partial charge is 0.246 e. The highest BCUT2D eigenvalue weighted by molar-refractivity contribution is 5.97. The Morgan fingerprint density at radius 1 is 1.06 bits per heavy atom. The molecule has 2 aromatic carbocycles. The van der Waals surface area contributed by atoms with Crippen LogP contribution in [0, 0.1) is 0 Å². The Balaban J connectivity index is 1.32. The van der Waals surface area contributed by atoms with E-state index < -0.39 is 6.04 Å². The van der Waals surface area contributed by atoms with E-state index >= 15 is 0 Å². The predicted molar refractivity (Wildman–Crippen MR) is 136 cm³/mol. The lowest BCUT2D eigenvalue weighted by atomic mass is 9.86. The predicted octanol–water partition coefficient (Wildman–Crippen LogP) is 2.58. The van der Waals surface area contributed by atoms with Gasteiger partial charge in [0.2, 0.25) is 11.8 Å². The summed E-state index contributed by atoms with van der Waals surface area (Å²) in [6, 6.07) is 15.1. The van der Waals surface area contributed by atoms with Gasteiger partial charge >= 0.3 is 0 Å². The second-order valence-corrected chi connectivity index (χ2v) is 9.83. The normalized spacial score (nSPS) is 22.6. The minimum Gasteiger partial charge on any atom is -0.497 e. The van der Waals surface area contributed by atoms with E-state index in [1.807, 2.05) is 41.3 Å². The molecule has 0 spiro atoms. The monoisotopic (exact) mass is 488 g/mol. The Kier molecular flexibility index (Phi) is 6.15. The van der Waals surface area contributed by atoms with Gasteiger partial charge in [-0.3, -0.25) is 14.5 Å². The van der Waals surface area contributed by atoms with E-state index in [-0.39, 0.29) is 24.4 Å². The van der Waals surface area contributed by atoms with Gasteiger partial charge in [0.15, 0.2) is 0 Å². The number of ether oxygens (including phenoxy) is 2. The SMILES string of the molecule is COc1cccc(C2c3[nH]c4ccccc4c3C[C@@H]3C(=O)N(CCCN4CCOCC4)CC(=O)N23)c1. The fraction of sp³-hybridized carbons (Fsp3) is 0.429. The fourth-order valence-corrected chi connectivity index (χ4v) is 5.98. The molecule has 3 aliphatic heterocycles. The molecule has 2 saturated heterocycles. The first-order valence-corrected chi connectivity index (χ1v) is 12.8. The first kappa shape index (κ1) is 23.1. The van der Waals surface area contributed by atoms with E-state index in [1.165, 1.54) is 0 Å². The Morgan fingerprint density at radius 2 is 1.89 bits per heavy atom. The Bertz CT molecular complexity index is 1280. The maximum absolute atomic E-state index is 13.8. The van der Waals surface area contributed by atoms with Gasteiger partial charge in [0.05, 0.1) is 32.9 Å². The van der Waals surface area contributed by atoms with Crippen LogP contribution in [-0.2, 0) is 20.7 Å². The van der Waals surface area contributed by atoms with Gasteiger partial charge in [-0.05, 0) is 35.7 Å². The van der Waals surface area contributed by atoms with E-state index in [1.54, 1.807) is 12.0 Å². The van der Waals surface area contributed by atoms with Crippen molar-refractivity contribution in [1.82, 2.24) is 19.7 Å². The number of para-hydroxylation sites is 1. The van der Waals surface area contributed by atoms with Crippen LogP contribution >= 0.6 is 0 Å². The quantitative estimate of drug-likeness (QED) is 0.577. The molecule has 2 amide bonds. The summed E-state index contributed by atoms with van der Waals surface area (Å²) in [4.78, 5) is 37.0. The number of nitrogens with zero attached hydrogens (tertiary/aromatic N) is 3. The van der Waals surface area contributed by atoms with Gasteiger partial charge in [-0.2, -0.15) is 0 Å². The molecular weight excluding hydrogens is 456 g/mol. The van der Waals surface area contributed by atoms with Crippen LogP contribution in [0.3, 0.4) is 0 Å². The number of fused-ring (bicyclic) bond motifs is 4. The van der Waals surface area contributed by atoms with Crippen LogP contribution < -0.4 is 4.74 Å². The number of benzene rings is 2. The summed E-state index contributed by atoms with van der Waals surface area (Å²) >= 11 is 0. The zero-order chi connectivity index (χ0) is 24.6. The van der Waals surface area contributed by atoms with E-state index in [2.05, 4.69) is 22.0 Å². The zero-order valence-corrected chi connectivity index (χ0v) is 20.6. The van der Waals surface area contributed by atoms with Crippen LogP contribution in [0.5, 0.6) is 5.75 Å². The molecule has 4 heterocycles. The Labute approximate surface area is 210 Å². The molecule has 0 radical (unpaired) electrons. The standard InChI is InChI=1S/C28H32N4O4/c1-35-20-7-4-6-19(16-20)27-26-22(21-8-2-3-9-23(21)29-26)17-24-28(34)31(18-25(33)32(24)27)11-5-10-30-12-14-36-15-13-30/h2-4,6-9,16,24,27,29H,5,10-15,17-18H2,1H3/t24-,27?/m1/s1. The summed E-state index contributed by atoms with van der Waals surface area (Å²) < 4.78 is 10.9. The largest absolute Gasteiger partial charge is 0.497 e. The van der Waals surface area contributed by atoms with Crippen LogP contribution in [-0.4, -0.2) is 90.6 Å². The summed E-state index contributed by atoms with van der Waals surface area (Å²) in [5, 5.41) is 1.12. The molecule has 2 fully saturated rings. The van der Waals surface area contributed by atoms with Crippen molar-refractivity contribution in [2.75, 3.05) is 53.0 Å². The molecule has 0 bridgehead atoms. The molecule has 188 valence electrons. The lowest BCUT2D eigenvalue weighted by Crippen LogP contribution is -2.63. The number of H-pyrrole nitrogens is 1. The molecule has 2 atom stereocenters. The van der Waals surface area contributed by atoms with Crippen molar-refractivity contribution < 1.29 is 19.1 Å². The van der Waals surface area contributed by atoms with E-state index in [0.717, 1.165) is 72.7 Å². The van der Waals surface area contributed by atoms with Gasteiger partial charge in [0.1, 0.15) is 11.8 Å².